The lowest BCUT2D eigenvalue weighted by Gasteiger charge is -2.38. The summed E-state index contributed by atoms with van der Waals surface area (Å²) in [6.07, 6.45) is 4.58. The van der Waals surface area contributed by atoms with Crippen molar-refractivity contribution in [1.82, 2.24) is 4.90 Å². The number of anilines is 1. The molecule has 7 rings (SSSR count). The number of ether oxygens (including phenoxy) is 1. The Balaban J connectivity index is 1.47. The second-order valence-corrected chi connectivity index (χ2v) is 11.2. The topological polar surface area (TPSA) is 75.7 Å². The molecule has 4 aromatic carbocycles. The van der Waals surface area contributed by atoms with E-state index in [0.29, 0.717) is 29.2 Å². The number of carbonyl (C=O) groups is 3. The van der Waals surface area contributed by atoms with Crippen LogP contribution in [0.4, 0.5) is 10.1 Å². The zero-order valence-electron chi connectivity index (χ0n) is 23.5. The van der Waals surface area contributed by atoms with Gasteiger partial charge in [-0.25, -0.2) is 4.39 Å². The van der Waals surface area contributed by atoms with Crippen LogP contribution in [0.3, 0.4) is 0 Å². The molecule has 4 atom stereocenters. The Bertz CT molecular complexity index is 1780. The van der Waals surface area contributed by atoms with E-state index in [1.165, 1.54) is 24.3 Å². The molecule has 1 saturated heterocycles. The fraction of sp³-hybridized carbons (Fsp3) is 0.194. The summed E-state index contributed by atoms with van der Waals surface area (Å²) in [4.78, 5) is 45.7. The fourth-order valence-corrected chi connectivity index (χ4v) is 7.07. The van der Waals surface area contributed by atoms with Crippen molar-refractivity contribution in [2.45, 2.75) is 30.8 Å². The summed E-state index contributed by atoms with van der Waals surface area (Å²) >= 11 is 0. The van der Waals surface area contributed by atoms with Crippen LogP contribution >= 0.6 is 0 Å². The second kappa shape index (κ2) is 10.3. The minimum atomic E-state index is -1.42. The van der Waals surface area contributed by atoms with Gasteiger partial charge in [0.15, 0.2) is 11.6 Å². The minimum Gasteiger partial charge on any atom is -0.494 e. The molecule has 3 aliphatic heterocycles. The van der Waals surface area contributed by atoms with Crippen molar-refractivity contribution in [2.75, 3.05) is 11.9 Å². The Morgan fingerprint density at radius 3 is 2.33 bits per heavy atom. The number of carbonyl (C=O) groups excluding carboxylic acids is 3. The first-order valence-corrected chi connectivity index (χ1v) is 14.5. The van der Waals surface area contributed by atoms with Gasteiger partial charge >= 0.3 is 0 Å². The number of nitrogens with zero attached hydrogens (tertiary/aromatic N) is 1. The van der Waals surface area contributed by atoms with Crippen LogP contribution in [0.25, 0.3) is 6.08 Å². The highest BCUT2D eigenvalue weighted by atomic mass is 19.1. The summed E-state index contributed by atoms with van der Waals surface area (Å²) in [5, 5.41) is 3.05. The SMILES string of the molecule is CCCOc1ccc(C(=O)[C@@H]2[C@H](C(=O)c3ccc(F)cc3)N3C=Cc4ccccc4[C@@H]3[C@@]23C(=O)Nc2ccccc23)cc1. The molecule has 3 heterocycles. The normalized spacial score (nSPS) is 23.0. The van der Waals surface area contributed by atoms with Gasteiger partial charge in [0.2, 0.25) is 5.91 Å². The van der Waals surface area contributed by atoms with Gasteiger partial charge in [-0.1, -0.05) is 49.4 Å². The Hall–Kier alpha value is -5.04. The summed E-state index contributed by atoms with van der Waals surface area (Å²) in [5.74, 6) is -1.94. The lowest BCUT2D eigenvalue weighted by Crippen LogP contribution is -2.49. The van der Waals surface area contributed by atoms with Gasteiger partial charge in [-0.2, -0.15) is 0 Å². The van der Waals surface area contributed by atoms with Crippen LogP contribution in [-0.4, -0.2) is 35.0 Å². The number of nitrogens with one attached hydrogen (secondary N) is 1. The second-order valence-electron chi connectivity index (χ2n) is 11.2. The third-order valence-electron chi connectivity index (χ3n) is 8.86. The van der Waals surface area contributed by atoms with E-state index in [1.54, 1.807) is 24.3 Å². The predicted octanol–water partition coefficient (Wildman–Crippen LogP) is 6.60. The molecule has 0 aromatic heterocycles. The molecule has 1 fully saturated rings. The quantitative estimate of drug-likeness (QED) is 0.253. The molecule has 3 aliphatic rings. The van der Waals surface area contributed by atoms with Crippen molar-refractivity contribution in [3.63, 3.8) is 0 Å². The van der Waals surface area contributed by atoms with Crippen molar-refractivity contribution in [2.24, 2.45) is 5.92 Å². The van der Waals surface area contributed by atoms with Crippen molar-refractivity contribution < 1.29 is 23.5 Å². The van der Waals surface area contributed by atoms with Gasteiger partial charge < -0.3 is 15.0 Å². The van der Waals surface area contributed by atoms with Crippen LogP contribution in [0.1, 0.15) is 56.8 Å². The number of halogens is 1. The molecular formula is C36H29FN2O4. The lowest BCUT2D eigenvalue weighted by molar-refractivity contribution is -0.122. The largest absolute Gasteiger partial charge is 0.494 e. The number of ketones is 2. The van der Waals surface area contributed by atoms with Crippen LogP contribution in [-0.2, 0) is 10.2 Å². The number of para-hydroxylation sites is 1. The van der Waals surface area contributed by atoms with E-state index in [0.717, 1.165) is 17.5 Å². The smallest absolute Gasteiger partial charge is 0.238 e. The lowest BCUT2D eigenvalue weighted by atomic mass is 9.62. The molecule has 0 saturated carbocycles. The number of rotatable bonds is 7. The van der Waals surface area contributed by atoms with E-state index < -0.39 is 29.2 Å². The molecule has 214 valence electrons. The van der Waals surface area contributed by atoms with Crippen molar-refractivity contribution in [1.29, 1.82) is 0 Å². The first kappa shape index (κ1) is 26.8. The molecule has 43 heavy (non-hydrogen) atoms. The van der Waals surface area contributed by atoms with Gasteiger partial charge in [0.1, 0.15) is 23.0 Å². The highest BCUT2D eigenvalue weighted by Crippen LogP contribution is 2.62. The van der Waals surface area contributed by atoms with E-state index in [4.69, 9.17) is 4.74 Å². The highest BCUT2D eigenvalue weighted by molar-refractivity contribution is 6.16. The van der Waals surface area contributed by atoms with E-state index in [9.17, 15) is 18.8 Å². The maximum Gasteiger partial charge on any atom is 0.238 e. The fourth-order valence-electron chi connectivity index (χ4n) is 7.07. The van der Waals surface area contributed by atoms with Crippen molar-refractivity contribution >= 4 is 29.2 Å². The monoisotopic (exact) mass is 572 g/mol. The summed E-state index contributed by atoms with van der Waals surface area (Å²) in [6.45, 7) is 2.56. The van der Waals surface area contributed by atoms with Crippen LogP contribution in [0.15, 0.2) is 103 Å². The molecule has 1 N–H and O–H groups in total. The number of hydrogen-bond donors (Lipinski definition) is 1. The van der Waals surface area contributed by atoms with E-state index in [-0.39, 0.29) is 23.0 Å². The Morgan fingerprint density at radius 1 is 0.884 bits per heavy atom. The first-order chi connectivity index (χ1) is 20.9. The van der Waals surface area contributed by atoms with Crippen molar-refractivity contribution in [3.8, 4) is 5.75 Å². The summed E-state index contributed by atoms with van der Waals surface area (Å²) in [6, 6.07) is 25.7. The number of benzene rings is 4. The van der Waals surface area contributed by atoms with Gasteiger partial charge in [0.05, 0.1) is 18.6 Å². The van der Waals surface area contributed by atoms with Crippen LogP contribution < -0.4 is 10.1 Å². The molecular weight excluding hydrogens is 543 g/mol. The van der Waals surface area contributed by atoms with E-state index >= 15 is 0 Å². The van der Waals surface area contributed by atoms with E-state index in [2.05, 4.69) is 5.32 Å². The number of fused-ring (bicyclic) bond motifs is 6. The molecule has 0 unspecified atom stereocenters. The van der Waals surface area contributed by atoms with E-state index in [1.807, 2.05) is 72.6 Å². The molecule has 0 bridgehead atoms. The van der Waals surface area contributed by atoms with Gasteiger partial charge in [-0.15, -0.1) is 0 Å². The average molecular weight is 573 g/mol. The van der Waals surface area contributed by atoms with Crippen molar-refractivity contribution in [3.05, 3.63) is 137 Å². The number of Topliss-reactive ketones (excluding diaryl/α,β-unsaturated/α-hetero) is 2. The molecule has 6 nitrogen and oxygen atoms in total. The third-order valence-corrected chi connectivity index (χ3v) is 8.86. The number of hydrogen-bond acceptors (Lipinski definition) is 5. The standard InChI is InChI=1S/C36H29FN2O4/c1-2-21-43-26-17-13-23(14-18-26)32(40)30-31(33(41)24-11-15-25(37)16-12-24)39-20-19-22-7-3-4-8-27(22)34(39)36(30)28-9-5-6-10-29(28)38-35(36)42/h3-20,30-31,34H,2,21H2,1H3,(H,38,42)/t30-,31+,34+,36-/m0/s1. The maximum absolute atomic E-state index is 14.9. The first-order valence-electron chi connectivity index (χ1n) is 14.5. The summed E-state index contributed by atoms with van der Waals surface area (Å²) in [5.41, 5.74) is 2.28. The zero-order chi connectivity index (χ0) is 29.7. The van der Waals surface area contributed by atoms with Crippen LogP contribution in [0, 0.1) is 11.7 Å². The van der Waals surface area contributed by atoms with Gasteiger partial charge in [-0.3, -0.25) is 14.4 Å². The Labute approximate surface area is 248 Å². The van der Waals surface area contributed by atoms with Gasteiger partial charge in [0.25, 0.3) is 0 Å². The zero-order valence-corrected chi connectivity index (χ0v) is 23.5. The minimum absolute atomic E-state index is 0.266. The molecule has 0 radical (unpaired) electrons. The van der Waals surface area contributed by atoms with Gasteiger partial charge in [-0.05, 0) is 83.8 Å². The van der Waals surface area contributed by atoms with Crippen LogP contribution in [0.2, 0.25) is 0 Å². The van der Waals surface area contributed by atoms with Gasteiger partial charge in [0, 0.05) is 23.0 Å². The Kier molecular flexibility index (Phi) is 6.46. The molecule has 1 spiro atoms. The molecule has 7 heteroatoms. The summed E-state index contributed by atoms with van der Waals surface area (Å²) < 4.78 is 19.6. The molecule has 4 aromatic rings. The van der Waals surface area contributed by atoms with Crippen LogP contribution in [0.5, 0.6) is 5.75 Å². The molecule has 0 aliphatic carbocycles. The predicted molar refractivity (Wildman–Crippen MR) is 161 cm³/mol. The number of amides is 1. The highest BCUT2D eigenvalue weighted by Gasteiger charge is 2.70. The summed E-state index contributed by atoms with van der Waals surface area (Å²) in [7, 11) is 0. The molecule has 1 amide bonds. The Morgan fingerprint density at radius 2 is 1.56 bits per heavy atom. The average Bonchev–Trinajstić information content (AvgIpc) is 3.52. The third kappa shape index (κ3) is 4.02. The maximum atomic E-state index is 14.9.